The van der Waals surface area contributed by atoms with E-state index in [0.717, 1.165) is 16.7 Å². The van der Waals surface area contributed by atoms with Crippen molar-refractivity contribution in [3.63, 3.8) is 0 Å². The van der Waals surface area contributed by atoms with Gasteiger partial charge in [0, 0.05) is 11.9 Å². The maximum absolute atomic E-state index is 10.8. The highest BCUT2D eigenvalue weighted by Crippen LogP contribution is 2.30. The number of halogens is 1. The number of nitro groups is 1. The minimum atomic E-state index is -0.436. The second kappa shape index (κ2) is 5.92. The molecule has 0 saturated heterocycles. The summed E-state index contributed by atoms with van der Waals surface area (Å²) in [5.74, 6) is 1.57. The van der Waals surface area contributed by atoms with Gasteiger partial charge in [0.2, 0.25) is 0 Å². The van der Waals surface area contributed by atoms with Gasteiger partial charge in [-0.25, -0.2) is 0 Å². The van der Waals surface area contributed by atoms with Gasteiger partial charge in [0.05, 0.1) is 11.0 Å². The Kier molecular flexibility index (Phi) is 4.25. The minimum absolute atomic E-state index is 0.0136. The molecule has 0 heterocycles. The molecule has 0 saturated carbocycles. The molecule has 0 amide bonds. The van der Waals surface area contributed by atoms with Crippen molar-refractivity contribution >= 4 is 17.3 Å². The average molecular weight is 292 g/mol. The smallest absolute Gasteiger partial charge is 0.273 e. The van der Waals surface area contributed by atoms with Gasteiger partial charge in [-0.05, 0) is 48.7 Å². The lowest BCUT2D eigenvalue weighted by molar-refractivity contribution is -0.384. The Bertz CT molecular complexity index is 656. The van der Waals surface area contributed by atoms with Crippen LogP contribution in [0.5, 0.6) is 11.5 Å². The van der Waals surface area contributed by atoms with Crippen LogP contribution in [-0.4, -0.2) is 4.92 Å². The highest BCUT2D eigenvalue weighted by atomic mass is 35.5. The van der Waals surface area contributed by atoms with Crippen LogP contribution in [0.1, 0.15) is 16.7 Å². The molecular weight excluding hydrogens is 278 g/mol. The Balaban J connectivity index is 2.32. The number of alkyl halides is 1. The lowest BCUT2D eigenvalue weighted by Crippen LogP contribution is -1.93. The van der Waals surface area contributed by atoms with Crippen molar-refractivity contribution in [3.05, 3.63) is 63.2 Å². The van der Waals surface area contributed by atoms with Crippen molar-refractivity contribution in [1.29, 1.82) is 0 Å². The van der Waals surface area contributed by atoms with E-state index in [1.165, 1.54) is 12.1 Å². The molecule has 2 rings (SSSR count). The van der Waals surface area contributed by atoms with Gasteiger partial charge in [0.15, 0.2) is 0 Å². The van der Waals surface area contributed by atoms with Crippen LogP contribution < -0.4 is 4.74 Å². The van der Waals surface area contributed by atoms with E-state index in [1.54, 1.807) is 6.07 Å². The average Bonchev–Trinajstić information content (AvgIpc) is 2.41. The summed E-state index contributed by atoms with van der Waals surface area (Å²) in [6.07, 6.45) is 0. The summed E-state index contributed by atoms with van der Waals surface area (Å²) in [4.78, 5) is 10.4. The van der Waals surface area contributed by atoms with Crippen LogP contribution in [0.25, 0.3) is 0 Å². The van der Waals surface area contributed by atoms with Crippen LogP contribution in [0.4, 0.5) is 5.69 Å². The molecular formula is C15H14ClNO3. The molecule has 0 atom stereocenters. The van der Waals surface area contributed by atoms with E-state index >= 15 is 0 Å². The lowest BCUT2D eigenvalue weighted by Gasteiger charge is -2.10. The molecule has 0 spiro atoms. The highest BCUT2D eigenvalue weighted by Gasteiger charge is 2.10. The van der Waals surface area contributed by atoms with Crippen molar-refractivity contribution in [3.8, 4) is 11.5 Å². The van der Waals surface area contributed by atoms with Gasteiger partial charge in [-0.1, -0.05) is 6.07 Å². The van der Waals surface area contributed by atoms with Crippen LogP contribution >= 0.6 is 11.6 Å². The third-order valence-electron chi connectivity index (χ3n) is 3.07. The Morgan fingerprint density at radius 3 is 2.50 bits per heavy atom. The first kappa shape index (κ1) is 14.3. The summed E-state index contributed by atoms with van der Waals surface area (Å²) in [6, 6.07) is 10.1. The van der Waals surface area contributed by atoms with Crippen LogP contribution in [0.15, 0.2) is 36.4 Å². The Morgan fingerprint density at radius 1 is 1.15 bits per heavy atom. The largest absolute Gasteiger partial charge is 0.457 e. The molecule has 104 valence electrons. The van der Waals surface area contributed by atoms with Crippen LogP contribution in [0.2, 0.25) is 0 Å². The van der Waals surface area contributed by atoms with Gasteiger partial charge in [-0.2, -0.15) is 0 Å². The van der Waals surface area contributed by atoms with Crippen molar-refractivity contribution in [2.75, 3.05) is 0 Å². The predicted molar refractivity (Wildman–Crippen MR) is 78.6 cm³/mol. The number of nitro benzene ring substituents is 1. The molecule has 2 aromatic rings. The third kappa shape index (κ3) is 3.08. The predicted octanol–water partition coefficient (Wildman–Crippen LogP) is 4.74. The molecule has 4 nitrogen and oxygen atoms in total. The minimum Gasteiger partial charge on any atom is -0.457 e. The quantitative estimate of drug-likeness (QED) is 0.464. The second-order valence-corrected chi connectivity index (χ2v) is 4.80. The molecule has 5 heteroatoms. The number of hydrogen-bond acceptors (Lipinski definition) is 3. The molecule has 0 fully saturated rings. The van der Waals surface area contributed by atoms with Gasteiger partial charge in [-0.3, -0.25) is 10.1 Å². The first-order valence-corrected chi connectivity index (χ1v) is 6.63. The van der Waals surface area contributed by atoms with Gasteiger partial charge in [0.1, 0.15) is 11.5 Å². The van der Waals surface area contributed by atoms with E-state index in [1.807, 2.05) is 32.0 Å². The zero-order valence-electron chi connectivity index (χ0n) is 11.2. The number of nitrogens with zero attached hydrogens (tertiary/aromatic N) is 1. The molecule has 0 aliphatic heterocycles. The van der Waals surface area contributed by atoms with Crippen LogP contribution in [0.3, 0.4) is 0 Å². The molecule has 0 aliphatic carbocycles. The summed E-state index contributed by atoms with van der Waals surface area (Å²) >= 11 is 5.81. The number of hydrogen-bond donors (Lipinski definition) is 0. The van der Waals surface area contributed by atoms with Gasteiger partial charge in [-0.15, -0.1) is 11.6 Å². The maximum atomic E-state index is 10.8. The summed E-state index contributed by atoms with van der Waals surface area (Å²) in [5.41, 5.74) is 2.92. The molecule has 0 bridgehead atoms. The first-order chi connectivity index (χ1) is 9.51. The first-order valence-electron chi connectivity index (χ1n) is 6.09. The zero-order chi connectivity index (χ0) is 14.7. The number of aryl methyl sites for hydroxylation is 2. The van der Waals surface area contributed by atoms with Crippen molar-refractivity contribution < 1.29 is 9.66 Å². The number of rotatable bonds is 4. The van der Waals surface area contributed by atoms with E-state index in [2.05, 4.69) is 0 Å². The fourth-order valence-electron chi connectivity index (χ4n) is 1.82. The molecule has 0 N–H and O–H groups in total. The fraction of sp³-hybridized carbons (Fsp3) is 0.200. The van der Waals surface area contributed by atoms with Gasteiger partial charge in [0.25, 0.3) is 5.69 Å². The topological polar surface area (TPSA) is 52.4 Å². The molecule has 0 aliphatic rings. The standard InChI is InChI=1S/C15H14ClNO3/c1-10-3-5-13(17(18)19)8-15(10)20-14-6-4-12(9-16)11(2)7-14/h3-8H,9H2,1-2H3. The maximum Gasteiger partial charge on any atom is 0.273 e. The SMILES string of the molecule is Cc1cc(Oc2cc([N+](=O)[O-])ccc2C)ccc1CCl. The van der Waals surface area contributed by atoms with E-state index in [4.69, 9.17) is 16.3 Å². The summed E-state index contributed by atoms with van der Waals surface area (Å²) < 4.78 is 5.73. The lowest BCUT2D eigenvalue weighted by atomic mass is 10.1. The Hall–Kier alpha value is -2.07. The third-order valence-corrected chi connectivity index (χ3v) is 3.36. The van der Waals surface area contributed by atoms with Crippen LogP contribution in [-0.2, 0) is 5.88 Å². The second-order valence-electron chi connectivity index (χ2n) is 4.53. The van der Waals surface area contributed by atoms with E-state index in [0.29, 0.717) is 17.4 Å². The highest BCUT2D eigenvalue weighted by molar-refractivity contribution is 6.17. The number of non-ortho nitro benzene ring substituents is 1. The van der Waals surface area contributed by atoms with Crippen molar-refractivity contribution in [2.24, 2.45) is 0 Å². The fourth-order valence-corrected chi connectivity index (χ4v) is 2.12. The molecule has 0 unspecified atom stereocenters. The van der Waals surface area contributed by atoms with E-state index < -0.39 is 4.92 Å². The van der Waals surface area contributed by atoms with Gasteiger partial charge >= 0.3 is 0 Å². The van der Waals surface area contributed by atoms with Crippen molar-refractivity contribution in [1.82, 2.24) is 0 Å². The molecule has 0 aromatic heterocycles. The monoisotopic (exact) mass is 291 g/mol. The van der Waals surface area contributed by atoms with Crippen molar-refractivity contribution in [2.45, 2.75) is 19.7 Å². The Labute approximate surface area is 122 Å². The summed E-state index contributed by atoms with van der Waals surface area (Å²) in [5, 5.41) is 10.8. The van der Waals surface area contributed by atoms with Crippen LogP contribution in [0, 0.1) is 24.0 Å². The van der Waals surface area contributed by atoms with E-state index in [-0.39, 0.29) is 5.69 Å². The van der Waals surface area contributed by atoms with Gasteiger partial charge < -0.3 is 4.74 Å². The summed E-state index contributed by atoms with van der Waals surface area (Å²) in [7, 11) is 0. The summed E-state index contributed by atoms with van der Waals surface area (Å²) in [6.45, 7) is 3.80. The molecule has 2 aromatic carbocycles. The van der Waals surface area contributed by atoms with E-state index in [9.17, 15) is 10.1 Å². The number of ether oxygens (including phenoxy) is 1. The Morgan fingerprint density at radius 2 is 1.90 bits per heavy atom. The normalized spacial score (nSPS) is 10.3. The number of benzene rings is 2. The molecule has 0 radical (unpaired) electrons. The zero-order valence-corrected chi connectivity index (χ0v) is 12.0. The molecule has 20 heavy (non-hydrogen) atoms.